The number of aryl methyl sites for hydroxylation is 1. The number of hydrogen-bond acceptors (Lipinski definition) is 3. The second-order valence-corrected chi connectivity index (χ2v) is 6.59. The van der Waals surface area contributed by atoms with Gasteiger partial charge >= 0.3 is 0 Å². The summed E-state index contributed by atoms with van der Waals surface area (Å²) in [7, 11) is 0. The Bertz CT molecular complexity index is 988. The summed E-state index contributed by atoms with van der Waals surface area (Å²) >= 11 is 5.95. The molecule has 0 spiro atoms. The van der Waals surface area contributed by atoms with E-state index in [1.54, 1.807) is 24.3 Å². The number of rotatable bonds is 1. The highest BCUT2D eigenvalue weighted by molar-refractivity contribution is 6.30. The molecule has 24 heavy (non-hydrogen) atoms. The first-order valence-corrected chi connectivity index (χ1v) is 8.36. The fourth-order valence-electron chi connectivity index (χ4n) is 3.72. The molecule has 0 saturated heterocycles. The lowest BCUT2D eigenvalue weighted by Gasteiger charge is -2.09. The Balaban J connectivity index is 1.75. The van der Waals surface area contributed by atoms with Crippen molar-refractivity contribution in [1.29, 1.82) is 0 Å². The summed E-state index contributed by atoms with van der Waals surface area (Å²) in [6.45, 7) is 0.231. The standard InChI is InChI=1S/C19H14ClNO3/c20-12-6-4-11(5-7-12)19(22)21-15-3-1-2-13(15)14-8-17-18(9-16(14)21)24-10-23-17/h4-9H,1-3,10H2. The van der Waals surface area contributed by atoms with Crippen LogP contribution in [-0.2, 0) is 12.8 Å². The second kappa shape index (κ2) is 5.02. The molecule has 1 aromatic heterocycles. The van der Waals surface area contributed by atoms with E-state index < -0.39 is 0 Å². The summed E-state index contributed by atoms with van der Waals surface area (Å²) in [5.74, 6) is 1.43. The fraction of sp³-hybridized carbons (Fsp3) is 0.211. The average Bonchev–Trinajstić information content (AvgIpc) is 3.28. The predicted octanol–water partition coefficient (Wildman–Crippen LogP) is 4.20. The van der Waals surface area contributed by atoms with Gasteiger partial charge in [0.1, 0.15) is 0 Å². The Morgan fingerprint density at radius 1 is 1.04 bits per heavy atom. The van der Waals surface area contributed by atoms with Crippen LogP contribution in [0.25, 0.3) is 10.9 Å². The van der Waals surface area contributed by atoms with E-state index in [4.69, 9.17) is 21.1 Å². The van der Waals surface area contributed by atoms with E-state index in [-0.39, 0.29) is 12.7 Å². The van der Waals surface area contributed by atoms with E-state index in [0.717, 1.165) is 41.6 Å². The maximum absolute atomic E-state index is 13.1. The minimum absolute atomic E-state index is 0.0290. The van der Waals surface area contributed by atoms with Gasteiger partial charge in [0.15, 0.2) is 11.5 Å². The number of halogens is 1. The zero-order chi connectivity index (χ0) is 16.3. The smallest absolute Gasteiger partial charge is 0.262 e. The van der Waals surface area contributed by atoms with Gasteiger partial charge in [-0.25, -0.2) is 0 Å². The molecular formula is C19H14ClNO3. The largest absolute Gasteiger partial charge is 0.454 e. The summed E-state index contributed by atoms with van der Waals surface area (Å²) in [6, 6.07) is 11.0. The summed E-state index contributed by atoms with van der Waals surface area (Å²) in [5, 5.41) is 1.71. The monoisotopic (exact) mass is 339 g/mol. The number of hydrogen-bond donors (Lipinski definition) is 0. The summed E-state index contributed by atoms with van der Waals surface area (Å²) in [6.07, 6.45) is 2.98. The molecule has 0 radical (unpaired) electrons. The Hall–Kier alpha value is -2.46. The Labute approximate surface area is 143 Å². The van der Waals surface area contributed by atoms with Crippen molar-refractivity contribution < 1.29 is 14.3 Å². The molecule has 3 aromatic rings. The molecule has 0 atom stereocenters. The molecule has 2 aliphatic rings. The fourth-order valence-corrected chi connectivity index (χ4v) is 3.85. The van der Waals surface area contributed by atoms with Gasteiger partial charge < -0.3 is 9.47 Å². The van der Waals surface area contributed by atoms with Crippen molar-refractivity contribution in [2.45, 2.75) is 19.3 Å². The number of nitrogens with zero attached hydrogens (tertiary/aromatic N) is 1. The number of carbonyl (C=O) groups excluding carboxylic acids is 1. The molecule has 5 heteroatoms. The summed E-state index contributed by atoms with van der Waals surface area (Å²) in [5.41, 5.74) is 3.88. The Morgan fingerprint density at radius 2 is 1.79 bits per heavy atom. The third-order valence-corrected chi connectivity index (χ3v) is 5.06. The zero-order valence-electron chi connectivity index (χ0n) is 12.8. The van der Waals surface area contributed by atoms with E-state index in [1.807, 2.05) is 16.7 Å². The second-order valence-electron chi connectivity index (χ2n) is 6.15. The normalized spacial score (nSPS) is 15.0. The van der Waals surface area contributed by atoms with Gasteiger partial charge in [-0.2, -0.15) is 0 Å². The number of carbonyl (C=O) groups is 1. The van der Waals surface area contributed by atoms with Crippen LogP contribution < -0.4 is 9.47 Å². The molecule has 0 unspecified atom stereocenters. The van der Waals surface area contributed by atoms with Gasteiger partial charge in [-0.3, -0.25) is 9.36 Å². The Morgan fingerprint density at radius 3 is 2.58 bits per heavy atom. The minimum Gasteiger partial charge on any atom is -0.454 e. The van der Waals surface area contributed by atoms with Crippen LogP contribution in [0.4, 0.5) is 0 Å². The molecule has 120 valence electrons. The third kappa shape index (κ3) is 1.89. The number of fused-ring (bicyclic) bond motifs is 4. The van der Waals surface area contributed by atoms with Crippen LogP contribution in [0.5, 0.6) is 11.5 Å². The third-order valence-electron chi connectivity index (χ3n) is 4.81. The van der Waals surface area contributed by atoms with Crippen molar-refractivity contribution in [2.75, 3.05) is 6.79 Å². The molecule has 4 nitrogen and oxygen atoms in total. The molecule has 1 aliphatic carbocycles. The van der Waals surface area contributed by atoms with Crippen LogP contribution in [-0.4, -0.2) is 17.3 Å². The molecule has 2 heterocycles. The van der Waals surface area contributed by atoms with Crippen LogP contribution in [0.1, 0.15) is 28.0 Å². The van der Waals surface area contributed by atoms with Gasteiger partial charge in [-0.05, 0) is 55.2 Å². The van der Waals surface area contributed by atoms with Crippen molar-refractivity contribution in [2.24, 2.45) is 0 Å². The highest BCUT2D eigenvalue weighted by Crippen LogP contribution is 2.41. The van der Waals surface area contributed by atoms with E-state index in [0.29, 0.717) is 16.3 Å². The molecular weight excluding hydrogens is 326 g/mol. The van der Waals surface area contributed by atoms with E-state index in [2.05, 4.69) is 0 Å². The molecule has 0 saturated carbocycles. The van der Waals surface area contributed by atoms with Crippen LogP contribution in [0.3, 0.4) is 0 Å². The van der Waals surface area contributed by atoms with Gasteiger partial charge in [-0.15, -0.1) is 0 Å². The van der Waals surface area contributed by atoms with E-state index in [1.165, 1.54) is 5.56 Å². The summed E-state index contributed by atoms with van der Waals surface area (Å²) < 4.78 is 12.8. The van der Waals surface area contributed by atoms with Crippen LogP contribution in [0, 0.1) is 0 Å². The molecule has 0 N–H and O–H groups in total. The molecule has 2 aromatic carbocycles. The Kier molecular flexibility index (Phi) is 2.91. The van der Waals surface area contributed by atoms with E-state index in [9.17, 15) is 4.79 Å². The van der Waals surface area contributed by atoms with Crippen molar-refractivity contribution >= 4 is 28.4 Å². The first-order chi connectivity index (χ1) is 11.7. The van der Waals surface area contributed by atoms with Crippen LogP contribution >= 0.6 is 11.6 Å². The average molecular weight is 340 g/mol. The van der Waals surface area contributed by atoms with Crippen LogP contribution in [0.2, 0.25) is 5.02 Å². The van der Waals surface area contributed by atoms with Gasteiger partial charge in [-0.1, -0.05) is 11.6 Å². The maximum Gasteiger partial charge on any atom is 0.262 e. The molecule has 0 amide bonds. The maximum atomic E-state index is 13.1. The topological polar surface area (TPSA) is 40.5 Å². The predicted molar refractivity (Wildman–Crippen MR) is 91.3 cm³/mol. The van der Waals surface area contributed by atoms with Gasteiger partial charge in [0.05, 0.1) is 5.52 Å². The number of aromatic nitrogens is 1. The molecule has 5 rings (SSSR count). The minimum atomic E-state index is -0.0290. The first-order valence-electron chi connectivity index (χ1n) is 7.98. The first kappa shape index (κ1) is 13.9. The quantitative estimate of drug-likeness (QED) is 0.667. The van der Waals surface area contributed by atoms with Gasteiger partial charge in [0.2, 0.25) is 6.79 Å². The lowest BCUT2D eigenvalue weighted by molar-refractivity contribution is 0.0962. The number of benzene rings is 2. The highest BCUT2D eigenvalue weighted by atomic mass is 35.5. The van der Waals surface area contributed by atoms with Gasteiger partial charge in [0.25, 0.3) is 5.91 Å². The lowest BCUT2D eigenvalue weighted by Crippen LogP contribution is -2.14. The molecule has 0 bridgehead atoms. The van der Waals surface area contributed by atoms with E-state index >= 15 is 0 Å². The molecule has 1 aliphatic heterocycles. The van der Waals surface area contributed by atoms with Crippen molar-refractivity contribution in [3.63, 3.8) is 0 Å². The number of ether oxygens (including phenoxy) is 2. The van der Waals surface area contributed by atoms with Crippen molar-refractivity contribution in [3.05, 3.63) is 58.2 Å². The van der Waals surface area contributed by atoms with Crippen molar-refractivity contribution in [1.82, 2.24) is 4.57 Å². The highest BCUT2D eigenvalue weighted by Gasteiger charge is 2.28. The summed E-state index contributed by atoms with van der Waals surface area (Å²) in [4.78, 5) is 13.1. The van der Waals surface area contributed by atoms with Gasteiger partial charge in [0, 0.05) is 27.7 Å². The van der Waals surface area contributed by atoms with Crippen LogP contribution in [0.15, 0.2) is 36.4 Å². The van der Waals surface area contributed by atoms with Crippen molar-refractivity contribution in [3.8, 4) is 11.5 Å². The SMILES string of the molecule is O=C(c1ccc(Cl)cc1)n1c2c(c3cc4c(cc31)OCO4)CCC2. The zero-order valence-corrected chi connectivity index (χ0v) is 13.6. The lowest BCUT2D eigenvalue weighted by atomic mass is 10.1. The molecule has 0 fully saturated rings.